The summed E-state index contributed by atoms with van der Waals surface area (Å²) in [7, 11) is 0. The molecule has 1 unspecified atom stereocenters. The van der Waals surface area contributed by atoms with Crippen molar-refractivity contribution in [3.8, 4) is 17.1 Å². The lowest BCUT2D eigenvalue weighted by atomic mass is 10.1. The number of hydrogen-bond donors (Lipinski definition) is 3. The lowest BCUT2D eigenvalue weighted by Crippen LogP contribution is -2.31. The molecule has 5 rings (SSSR count). The lowest BCUT2D eigenvalue weighted by Gasteiger charge is -2.12. The van der Waals surface area contributed by atoms with E-state index in [1.807, 2.05) is 18.2 Å². The van der Waals surface area contributed by atoms with Crippen molar-refractivity contribution >= 4 is 23.5 Å². The number of amides is 2. The molecule has 0 fully saturated rings. The number of halogens is 3. The van der Waals surface area contributed by atoms with Gasteiger partial charge in [0.25, 0.3) is 11.8 Å². The van der Waals surface area contributed by atoms with Gasteiger partial charge in [0, 0.05) is 23.2 Å². The first-order valence-electron chi connectivity index (χ1n) is 10.8. The van der Waals surface area contributed by atoms with Crippen molar-refractivity contribution in [3.63, 3.8) is 0 Å². The third-order valence-corrected chi connectivity index (χ3v) is 5.51. The van der Waals surface area contributed by atoms with Crippen LogP contribution >= 0.6 is 0 Å². The van der Waals surface area contributed by atoms with Crippen LogP contribution in [0.4, 0.5) is 24.8 Å². The Morgan fingerprint density at radius 3 is 2.58 bits per heavy atom. The normalized spacial score (nSPS) is 14.6. The third-order valence-electron chi connectivity index (χ3n) is 5.51. The molecule has 182 valence electrons. The number of H-pyrrole nitrogens is 1. The Morgan fingerprint density at radius 1 is 0.972 bits per heavy atom. The van der Waals surface area contributed by atoms with E-state index in [4.69, 9.17) is 4.74 Å². The van der Waals surface area contributed by atoms with Crippen LogP contribution < -0.4 is 15.4 Å². The maximum absolute atomic E-state index is 13.0. The average Bonchev–Trinajstić information content (AvgIpc) is 3.51. The monoisotopic (exact) mass is 493 g/mol. The van der Waals surface area contributed by atoms with E-state index >= 15 is 0 Å². The molecule has 4 aromatic rings. The largest absolute Gasteiger partial charge is 0.480 e. The summed E-state index contributed by atoms with van der Waals surface area (Å²) < 4.78 is 44.6. The van der Waals surface area contributed by atoms with E-state index in [9.17, 15) is 22.8 Å². The fourth-order valence-electron chi connectivity index (χ4n) is 3.75. The molecule has 1 atom stereocenters. The summed E-state index contributed by atoms with van der Waals surface area (Å²) in [5, 5.41) is 11.6. The minimum atomic E-state index is -4.50. The number of benzene rings is 3. The molecule has 2 amide bonds. The zero-order valence-corrected chi connectivity index (χ0v) is 18.5. The molecule has 0 bridgehead atoms. The number of aromatic amines is 1. The zero-order chi connectivity index (χ0) is 25.3. The predicted molar refractivity (Wildman–Crippen MR) is 124 cm³/mol. The highest BCUT2D eigenvalue weighted by molar-refractivity contribution is 6.04. The highest BCUT2D eigenvalue weighted by atomic mass is 19.4. The van der Waals surface area contributed by atoms with Crippen molar-refractivity contribution in [3.05, 3.63) is 89.5 Å². The summed E-state index contributed by atoms with van der Waals surface area (Å²) in [4.78, 5) is 29.4. The summed E-state index contributed by atoms with van der Waals surface area (Å²) in [5.74, 6) is -0.288. The van der Waals surface area contributed by atoms with E-state index in [-0.39, 0.29) is 28.8 Å². The molecule has 11 heteroatoms. The Labute approximate surface area is 202 Å². The van der Waals surface area contributed by atoms with Crippen molar-refractivity contribution in [2.75, 3.05) is 10.6 Å². The Hall–Kier alpha value is -4.67. The van der Waals surface area contributed by atoms with E-state index in [1.54, 1.807) is 18.2 Å². The maximum atomic E-state index is 13.0. The fraction of sp³-hybridized carbons (Fsp3) is 0.120. The predicted octanol–water partition coefficient (Wildman–Crippen LogP) is 4.69. The van der Waals surface area contributed by atoms with Crippen LogP contribution in [-0.4, -0.2) is 33.1 Å². The Balaban J connectivity index is 1.24. The number of carbonyl (C=O) groups is 2. The zero-order valence-electron chi connectivity index (χ0n) is 18.5. The number of anilines is 2. The summed E-state index contributed by atoms with van der Waals surface area (Å²) in [6, 6.07) is 18.2. The number of hydrogen-bond acceptors (Lipinski definition) is 5. The van der Waals surface area contributed by atoms with Crippen molar-refractivity contribution in [1.29, 1.82) is 0 Å². The minimum absolute atomic E-state index is 0.0648. The summed E-state index contributed by atoms with van der Waals surface area (Å²) in [6.07, 6.45) is -4.73. The van der Waals surface area contributed by atoms with E-state index in [2.05, 4.69) is 25.8 Å². The fourth-order valence-corrected chi connectivity index (χ4v) is 3.75. The van der Waals surface area contributed by atoms with Gasteiger partial charge in [0.15, 0.2) is 11.9 Å². The van der Waals surface area contributed by atoms with Crippen LogP contribution in [0.3, 0.4) is 0 Å². The molecule has 0 aliphatic carbocycles. The van der Waals surface area contributed by atoms with Gasteiger partial charge in [-0.25, -0.2) is 0 Å². The number of alkyl halides is 3. The van der Waals surface area contributed by atoms with Gasteiger partial charge >= 0.3 is 6.18 Å². The molecule has 3 N–H and O–H groups in total. The minimum Gasteiger partial charge on any atom is -0.480 e. The Kier molecular flexibility index (Phi) is 5.88. The van der Waals surface area contributed by atoms with Crippen molar-refractivity contribution in [2.45, 2.75) is 18.7 Å². The summed E-state index contributed by atoms with van der Waals surface area (Å²) in [5.41, 5.74) is 0.897. The molecule has 0 saturated carbocycles. The molecule has 36 heavy (non-hydrogen) atoms. The van der Waals surface area contributed by atoms with Crippen molar-refractivity contribution in [1.82, 2.24) is 15.2 Å². The van der Waals surface area contributed by atoms with E-state index in [0.717, 1.165) is 17.7 Å². The van der Waals surface area contributed by atoms with Crippen LogP contribution in [0, 0.1) is 0 Å². The topological polar surface area (TPSA) is 109 Å². The number of fused-ring (bicyclic) bond motifs is 1. The molecule has 0 radical (unpaired) electrons. The van der Waals surface area contributed by atoms with Gasteiger partial charge < -0.3 is 10.1 Å². The van der Waals surface area contributed by atoms with E-state index in [0.29, 0.717) is 17.9 Å². The molecule has 0 saturated heterocycles. The lowest BCUT2D eigenvalue weighted by molar-refractivity contribution is -0.137. The first-order chi connectivity index (χ1) is 17.3. The van der Waals surface area contributed by atoms with Crippen LogP contribution in [0.1, 0.15) is 21.5 Å². The van der Waals surface area contributed by atoms with Crippen LogP contribution in [0.15, 0.2) is 72.8 Å². The van der Waals surface area contributed by atoms with Crippen LogP contribution in [0.5, 0.6) is 5.75 Å². The molecular formula is C25H18F3N5O3. The molecule has 1 aliphatic rings. The average molecular weight is 493 g/mol. The smallest absolute Gasteiger partial charge is 0.416 e. The molecule has 0 spiro atoms. The van der Waals surface area contributed by atoms with Gasteiger partial charge in [0.1, 0.15) is 5.75 Å². The van der Waals surface area contributed by atoms with Crippen LogP contribution in [0.25, 0.3) is 11.4 Å². The van der Waals surface area contributed by atoms with Crippen molar-refractivity contribution < 1.29 is 27.5 Å². The second-order valence-corrected chi connectivity index (χ2v) is 8.03. The number of nitrogens with zero attached hydrogens (tertiary/aromatic N) is 2. The molecular weight excluding hydrogens is 475 g/mol. The first-order valence-corrected chi connectivity index (χ1v) is 10.8. The molecule has 8 nitrogen and oxygen atoms in total. The second kappa shape index (κ2) is 9.17. The number of aromatic nitrogens is 3. The summed E-state index contributed by atoms with van der Waals surface area (Å²) in [6.45, 7) is 0. The Bertz CT molecular complexity index is 1430. The highest BCUT2D eigenvalue weighted by Crippen LogP contribution is 2.32. The van der Waals surface area contributed by atoms with Crippen LogP contribution in [-0.2, 0) is 17.4 Å². The highest BCUT2D eigenvalue weighted by Gasteiger charge is 2.31. The van der Waals surface area contributed by atoms with Gasteiger partial charge in [0.05, 0.1) is 5.56 Å². The maximum Gasteiger partial charge on any atom is 0.416 e. The van der Waals surface area contributed by atoms with E-state index < -0.39 is 23.8 Å². The number of ether oxygens (including phenoxy) is 1. The Morgan fingerprint density at radius 2 is 1.78 bits per heavy atom. The van der Waals surface area contributed by atoms with Gasteiger partial charge in [-0.05, 0) is 42.0 Å². The van der Waals surface area contributed by atoms with Gasteiger partial charge in [-0.15, -0.1) is 5.10 Å². The number of para-hydroxylation sites is 1. The SMILES string of the molecule is O=C(Nc1n[nH]c(-c2cccc(C(F)(F)F)c2)n1)c1cccc(NC(=O)C2Cc3ccccc3O2)c1. The van der Waals surface area contributed by atoms with E-state index in [1.165, 1.54) is 24.3 Å². The van der Waals surface area contributed by atoms with Gasteiger partial charge in [0.2, 0.25) is 5.95 Å². The molecule has 1 aliphatic heterocycles. The number of rotatable bonds is 5. The first kappa shape index (κ1) is 23.1. The molecule has 2 heterocycles. The van der Waals surface area contributed by atoms with Gasteiger partial charge in [-0.3, -0.25) is 20.0 Å². The van der Waals surface area contributed by atoms with Gasteiger partial charge in [-0.1, -0.05) is 36.4 Å². The van der Waals surface area contributed by atoms with Crippen molar-refractivity contribution in [2.24, 2.45) is 0 Å². The third kappa shape index (κ3) is 4.90. The molecule has 3 aromatic carbocycles. The van der Waals surface area contributed by atoms with Crippen LogP contribution in [0.2, 0.25) is 0 Å². The number of nitrogens with one attached hydrogen (secondary N) is 3. The summed E-state index contributed by atoms with van der Waals surface area (Å²) >= 11 is 0. The standard InChI is InChI=1S/C25H18F3N5O3/c26-25(27,28)17-8-3-6-15(11-17)21-30-24(33-32-21)31-22(34)16-7-4-9-18(12-16)29-23(35)20-13-14-5-1-2-10-19(14)36-20/h1-12,20H,13H2,(H,29,35)(H2,30,31,32,33,34). The molecule has 1 aromatic heterocycles. The number of carbonyl (C=O) groups excluding carboxylic acids is 2. The quantitative estimate of drug-likeness (QED) is 0.374. The second-order valence-electron chi connectivity index (χ2n) is 8.03. The van der Waals surface area contributed by atoms with Gasteiger partial charge in [-0.2, -0.15) is 18.2 Å².